The largest absolute Gasteiger partial charge is 0.476 e. The summed E-state index contributed by atoms with van der Waals surface area (Å²) in [5.74, 6) is 0.0365. The Morgan fingerprint density at radius 3 is 2.84 bits per heavy atom. The number of carbonyl (C=O) groups is 1. The van der Waals surface area contributed by atoms with E-state index in [1.54, 1.807) is 0 Å². The average Bonchev–Trinajstić information content (AvgIpc) is 2.39. The highest BCUT2D eigenvalue weighted by Crippen LogP contribution is 2.22. The molecule has 1 aliphatic rings. The predicted molar refractivity (Wildman–Crippen MR) is 70.2 cm³/mol. The van der Waals surface area contributed by atoms with Gasteiger partial charge in [0.2, 0.25) is 0 Å². The molecule has 1 saturated heterocycles. The van der Waals surface area contributed by atoms with Gasteiger partial charge in [-0.25, -0.2) is 14.8 Å². The average molecular weight is 265 g/mol. The van der Waals surface area contributed by atoms with E-state index in [9.17, 15) is 4.79 Å². The minimum atomic E-state index is -1.06. The van der Waals surface area contributed by atoms with Gasteiger partial charge in [-0.1, -0.05) is 13.8 Å². The van der Waals surface area contributed by atoms with Crippen LogP contribution in [0.4, 0.5) is 5.82 Å². The van der Waals surface area contributed by atoms with Gasteiger partial charge in [0.1, 0.15) is 5.82 Å². The predicted octanol–water partition coefficient (Wildman–Crippen LogP) is 1.79. The molecule has 1 aliphatic heterocycles. The minimum Gasteiger partial charge on any atom is -0.476 e. The third-order valence-electron chi connectivity index (χ3n) is 3.28. The molecule has 0 saturated carbocycles. The lowest BCUT2D eigenvalue weighted by atomic mass is 9.95. The third-order valence-corrected chi connectivity index (χ3v) is 3.28. The number of rotatable bonds is 4. The molecule has 0 bridgehead atoms. The van der Waals surface area contributed by atoms with Crippen LogP contribution in [0.1, 0.15) is 37.2 Å². The molecule has 0 radical (unpaired) electrons. The van der Waals surface area contributed by atoms with Crippen molar-refractivity contribution in [1.82, 2.24) is 9.97 Å². The molecule has 2 heterocycles. The fourth-order valence-corrected chi connectivity index (χ4v) is 2.15. The van der Waals surface area contributed by atoms with Crippen LogP contribution in [0.3, 0.4) is 0 Å². The summed E-state index contributed by atoms with van der Waals surface area (Å²) in [7, 11) is 0. The van der Waals surface area contributed by atoms with Crippen molar-refractivity contribution in [3.8, 4) is 0 Å². The number of hydrogen-bond donors (Lipinski definition) is 2. The number of anilines is 1. The number of aromatic nitrogens is 2. The van der Waals surface area contributed by atoms with Gasteiger partial charge in [-0.15, -0.1) is 0 Å². The molecule has 0 spiro atoms. The van der Waals surface area contributed by atoms with Crippen LogP contribution >= 0.6 is 0 Å². The maximum Gasteiger partial charge on any atom is 0.356 e. The lowest BCUT2D eigenvalue weighted by Crippen LogP contribution is -2.36. The number of hydrogen-bond acceptors (Lipinski definition) is 5. The maximum atomic E-state index is 10.7. The van der Waals surface area contributed by atoms with Crippen LogP contribution in [0.25, 0.3) is 0 Å². The quantitative estimate of drug-likeness (QED) is 0.863. The Labute approximate surface area is 112 Å². The van der Waals surface area contributed by atoms with Gasteiger partial charge < -0.3 is 15.2 Å². The van der Waals surface area contributed by atoms with E-state index in [1.165, 1.54) is 12.4 Å². The van der Waals surface area contributed by atoms with Crippen LogP contribution in [0.2, 0.25) is 0 Å². The standard InChI is InChI=1S/C13H19N3O3/c1-8(2)11-5-9(3-4-19-11)16-12-7-14-10(6-15-12)13(17)18/h6-9,11H,3-5H2,1-2H3,(H,15,16)(H,17,18). The second kappa shape index (κ2) is 5.97. The first-order chi connectivity index (χ1) is 9.06. The molecule has 0 aromatic carbocycles. The molecule has 0 amide bonds. The van der Waals surface area contributed by atoms with E-state index in [4.69, 9.17) is 9.84 Å². The number of carboxylic acids is 1. The van der Waals surface area contributed by atoms with Gasteiger partial charge in [0.05, 0.1) is 18.5 Å². The summed E-state index contributed by atoms with van der Waals surface area (Å²) in [5.41, 5.74) is -0.0439. The smallest absolute Gasteiger partial charge is 0.356 e. The zero-order valence-electron chi connectivity index (χ0n) is 11.2. The van der Waals surface area contributed by atoms with E-state index in [2.05, 4.69) is 29.1 Å². The molecule has 2 unspecified atom stereocenters. The van der Waals surface area contributed by atoms with Gasteiger partial charge in [-0.2, -0.15) is 0 Å². The van der Waals surface area contributed by atoms with Crippen molar-refractivity contribution in [1.29, 1.82) is 0 Å². The van der Waals surface area contributed by atoms with Gasteiger partial charge in [0, 0.05) is 12.6 Å². The van der Waals surface area contributed by atoms with E-state index in [0.717, 1.165) is 19.4 Å². The Bertz CT molecular complexity index is 433. The van der Waals surface area contributed by atoms with Crippen LogP contribution in [-0.4, -0.2) is 39.8 Å². The molecule has 6 heteroatoms. The first-order valence-electron chi connectivity index (χ1n) is 6.49. The monoisotopic (exact) mass is 265 g/mol. The summed E-state index contributed by atoms with van der Waals surface area (Å²) < 4.78 is 5.70. The molecule has 2 atom stereocenters. The van der Waals surface area contributed by atoms with Gasteiger partial charge in [0.25, 0.3) is 0 Å². The minimum absolute atomic E-state index is 0.0439. The molecule has 19 heavy (non-hydrogen) atoms. The summed E-state index contributed by atoms with van der Waals surface area (Å²) in [4.78, 5) is 18.6. The van der Waals surface area contributed by atoms with Crippen molar-refractivity contribution in [3.05, 3.63) is 18.1 Å². The van der Waals surface area contributed by atoms with Crippen molar-refractivity contribution in [2.75, 3.05) is 11.9 Å². The van der Waals surface area contributed by atoms with Crippen LogP contribution in [-0.2, 0) is 4.74 Å². The van der Waals surface area contributed by atoms with Crippen LogP contribution in [0, 0.1) is 5.92 Å². The summed E-state index contributed by atoms with van der Waals surface area (Å²) >= 11 is 0. The first-order valence-corrected chi connectivity index (χ1v) is 6.49. The van der Waals surface area contributed by atoms with Crippen molar-refractivity contribution < 1.29 is 14.6 Å². The Kier molecular flexibility index (Phi) is 4.31. The Morgan fingerprint density at radius 2 is 2.26 bits per heavy atom. The van der Waals surface area contributed by atoms with Crippen LogP contribution in [0.5, 0.6) is 0 Å². The zero-order chi connectivity index (χ0) is 13.8. The number of ether oxygens (including phenoxy) is 1. The van der Waals surface area contributed by atoms with Gasteiger partial charge in [-0.3, -0.25) is 0 Å². The Morgan fingerprint density at radius 1 is 1.47 bits per heavy atom. The molecular formula is C13H19N3O3. The summed E-state index contributed by atoms with van der Waals surface area (Å²) in [6, 6.07) is 0.297. The fraction of sp³-hybridized carbons (Fsp3) is 0.615. The van der Waals surface area contributed by atoms with Gasteiger partial charge in [-0.05, 0) is 18.8 Å². The van der Waals surface area contributed by atoms with E-state index in [-0.39, 0.29) is 11.8 Å². The van der Waals surface area contributed by atoms with Gasteiger partial charge >= 0.3 is 5.97 Å². The molecule has 1 fully saturated rings. The molecule has 6 nitrogen and oxygen atoms in total. The number of nitrogens with zero attached hydrogens (tertiary/aromatic N) is 2. The number of carboxylic acid groups (broad SMARTS) is 1. The van der Waals surface area contributed by atoms with E-state index < -0.39 is 5.97 Å². The Balaban J connectivity index is 1.95. The van der Waals surface area contributed by atoms with Gasteiger partial charge in [0.15, 0.2) is 5.69 Å². The van der Waals surface area contributed by atoms with Crippen molar-refractivity contribution >= 4 is 11.8 Å². The van der Waals surface area contributed by atoms with Crippen molar-refractivity contribution in [3.63, 3.8) is 0 Å². The SMILES string of the molecule is CC(C)C1CC(Nc2cnc(C(=O)O)cn2)CCO1. The molecule has 104 valence electrons. The highest BCUT2D eigenvalue weighted by atomic mass is 16.5. The Hall–Kier alpha value is -1.69. The summed E-state index contributed by atoms with van der Waals surface area (Å²) in [5, 5.41) is 12.0. The molecular weight excluding hydrogens is 246 g/mol. The molecule has 1 aromatic rings. The van der Waals surface area contributed by atoms with E-state index >= 15 is 0 Å². The summed E-state index contributed by atoms with van der Waals surface area (Å²) in [6.07, 6.45) is 4.84. The fourth-order valence-electron chi connectivity index (χ4n) is 2.15. The van der Waals surface area contributed by atoms with Crippen LogP contribution in [0.15, 0.2) is 12.4 Å². The lowest BCUT2D eigenvalue weighted by Gasteiger charge is -2.32. The second-order valence-electron chi connectivity index (χ2n) is 5.11. The summed E-state index contributed by atoms with van der Waals surface area (Å²) in [6.45, 7) is 5.03. The molecule has 2 N–H and O–H groups in total. The highest BCUT2D eigenvalue weighted by Gasteiger charge is 2.25. The number of aromatic carboxylic acids is 1. The second-order valence-corrected chi connectivity index (χ2v) is 5.11. The van der Waals surface area contributed by atoms with E-state index in [1.807, 2.05) is 0 Å². The maximum absolute atomic E-state index is 10.7. The highest BCUT2D eigenvalue weighted by molar-refractivity contribution is 5.84. The van der Waals surface area contributed by atoms with E-state index in [0.29, 0.717) is 17.8 Å². The topological polar surface area (TPSA) is 84.3 Å². The van der Waals surface area contributed by atoms with Crippen molar-refractivity contribution in [2.45, 2.75) is 38.8 Å². The lowest BCUT2D eigenvalue weighted by molar-refractivity contribution is -0.0161. The number of nitrogens with one attached hydrogen (secondary N) is 1. The first kappa shape index (κ1) is 13.7. The zero-order valence-corrected chi connectivity index (χ0v) is 11.2. The normalized spacial score (nSPS) is 23.3. The molecule has 2 rings (SSSR count). The molecule has 0 aliphatic carbocycles. The van der Waals surface area contributed by atoms with Crippen molar-refractivity contribution in [2.24, 2.45) is 5.92 Å². The van der Waals surface area contributed by atoms with Crippen LogP contribution < -0.4 is 5.32 Å². The third kappa shape index (κ3) is 3.64. The molecule has 1 aromatic heterocycles.